The summed E-state index contributed by atoms with van der Waals surface area (Å²) in [5.74, 6) is 0.320. The highest BCUT2D eigenvalue weighted by atomic mass is 79.9. The summed E-state index contributed by atoms with van der Waals surface area (Å²) in [6, 6.07) is 2.58. The molecule has 3 heterocycles. The third-order valence-corrected chi connectivity index (χ3v) is 7.37. The molecule has 9 nitrogen and oxygen atoms in total. The lowest BCUT2D eigenvalue weighted by Crippen LogP contribution is -2.47. The van der Waals surface area contributed by atoms with Gasteiger partial charge in [-0.05, 0) is 54.5 Å². The molecule has 3 fully saturated rings. The molecule has 2 saturated heterocycles. The Bertz CT molecular complexity index is 860. The number of rotatable bonds is 6. The molecular formula is C23H31BrN6O3. The molecule has 0 aromatic carbocycles. The lowest BCUT2D eigenvalue weighted by atomic mass is 9.84. The van der Waals surface area contributed by atoms with Crippen LogP contribution in [0.15, 0.2) is 16.9 Å². The van der Waals surface area contributed by atoms with E-state index in [1.807, 2.05) is 4.90 Å². The van der Waals surface area contributed by atoms with Gasteiger partial charge >= 0.3 is 6.01 Å². The van der Waals surface area contributed by atoms with Crippen LogP contribution >= 0.6 is 15.9 Å². The van der Waals surface area contributed by atoms with Gasteiger partial charge in [-0.25, -0.2) is 9.97 Å². The van der Waals surface area contributed by atoms with Crippen molar-refractivity contribution in [2.75, 3.05) is 26.2 Å². The molecule has 1 aromatic heterocycles. The Hall–Kier alpha value is -2.25. The number of likely N-dealkylation sites (tertiary alicyclic amines) is 2. The van der Waals surface area contributed by atoms with Crippen molar-refractivity contribution in [3.8, 4) is 12.1 Å². The van der Waals surface area contributed by atoms with Crippen LogP contribution in [0.2, 0.25) is 0 Å². The van der Waals surface area contributed by atoms with Gasteiger partial charge in [-0.1, -0.05) is 0 Å². The first kappa shape index (κ1) is 23.9. The maximum atomic E-state index is 13.0. The normalized spacial score (nSPS) is 26.1. The smallest absolute Gasteiger partial charge is 0.316 e. The van der Waals surface area contributed by atoms with Crippen LogP contribution in [0.4, 0.5) is 0 Å². The SMILES string of the molecule is N#C[C@@H]1CCCN1C(=O)CNC1CCC(C(=O)N2CCC(Oc3ncc(Br)cn3)CC2)CC1. The van der Waals surface area contributed by atoms with Gasteiger partial charge < -0.3 is 19.9 Å². The molecule has 33 heavy (non-hydrogen) atoms. The molecular weight excluding hydrogens is 488 g/mol. The quantitative estimate of drug-likeness (QED) is 0.614. The van der Waals surface area contributed by atoms with Gasteiger partial charge in [0.2, 0.25) is 11.8 Å². The number of halogens is 1. The van der Waals surface area contributed by atoms with Gasteiger partial charge in [0.05, 0.1) is 17.1 Å². The van der Waals surface area contributed by atoms with Gasteiger partial charge in [0.25, 0.3) is 0 Å². The molecule has 4 rings (SSSR count). The van der Waals surface area contributed by atoms with E-state index in [0.29, 0.717) is 25.6 Å². The van der Waals surface area contributed by atoms with Gasteiger partial charge in [0, 0.05) is 56.8 Å². The van der Waals surface area contributed by atoms with E-state index in [1.165, 1.54) is 0 Å². The fraction of sp³-hybridized carbons (Fsp3) is 0.696. The summed E-state index contributed by atoms with van der Waals surface area (Å²) in [6.07, 6.45) is 10.1. The minimum absolute atomic E-state index is 0.0101. The van der Waals surface area contributed by atoms with Crippen LogP contribution < -0.4 is 10.1 Å². The number of ether oxygens (including phenoxy) is 1. The minimum Gasteiger partial charge on any atom is -0.460 e. The molecule has 10 heteroatoms. The Kier molecular flexibility index (Phi) is 8.15. The summed E-state index contributed by atoms with van der Waals surface area (Å²) in [4.78, 5) is 37.4. The van der Waals surface area contributed by atoms with E-state index < -0.39 is 0 Å². The van der Waals surface area contributed by atoms with Crippen LogP contribution in [-0.2, 0) is 9.59 Å². The number of hydrogen-bond donors (Lipinski definition) is 1. The molecule has 3 aliphatic rings. The topological polar surface area (TPSA) is 111 Å². The first-order valence-electron chi connectivity index (χ1n) is 11.9. The number of carbonyl (C=O) groups excluding carboxylic acids is 2. The number of amides is 2. The summed E-state index contributed by atoms with van der Waals surface area (Å²) in [5, 5.41) is 12.5. The predicted octanol–water partition coefficient (Wildman–Crippen LogP) is 2.27. The largest absolute Gasteiger partial charge is 0.460 e. The van der Waals surface area contributed by atoms with Gasteiger partial charge in [-0.3, -0.25) is 9.59 Å². The van der Waals surface area contributed by atoms with Crippen molar-refractivity contribution in [1.29, 1.82) is 5.26 Å². The van der Waals surface area contributed by atoms with E-state index >= 15 is 0 Å². The van der Waals surface area contributed by atoms with Crippen LogP contribution in [-0.4, -0.2) is 75.9 Å². The van der Waals surface area contributed by atoms with E-state index in [4.69, 9.17) is 10.00 Å². The monoisotopic (exact) mass is 518 g/mol. The van der Waals surface area contributed by atoms with Gasteiger partial charge in [-0.15, -0.1) is 0 Å². The van der Waals surface area contributed by atoms with E-state index in [2.05, 4.69) is 37.3 Å². The summed E-state index contributed by atoms with van der Waals surface area (Å²) in [5.41, 5.74) is 0. The van der Waals surface area contributed by atoms with Crippen molar-refractivity contribution in [2.45, 2.75) is 69.6 Å². The average molecular weight is 519 g/mol. The molecule has 178 valence electrons. The maximum absolute atomic E-state index is 13.0. The highest BCUT2D eigenvalue weighted by Crippen LogP contribution is 2.28. The first-order valence-corrected chi connectivity index (χ1v) is 12.7. The lowest BCUT2D eigenvalue weighted by molar-refractivity contribution is -0.138. The molecule has 0 radical (unpaired) electrons. The zero-order valence-electron chi connectivity index (χ0n) is 18.8. The average Bonchev–Trinajstić information content (AvgIpc) is 3.33. The van der Waals surface area contributed by atoms with Crippen LogP contribution in [0.1, 0.15) is 51.4 Å². The summed E-state index contributed by atoms with van der Waals surface area (Å²) in [6.45, 7) is 2.35. The fourth-order valence-corrected chi connectivity index (χ4v) is 5.24. The summed E-state index contributed by atoms with van der Waals surface area (Å²) in [7, 11) is 0. The van der Waals surface area contributed by atoms with E-state index in [1.54, 1.807) is 17.3 Å². The zero-order valence-corrected chi connectivity index (χ0v) is 20.4. The zero-order chi connectivity index (χ0) is 23.2. The number of hydrogen-bond acceptors (Lipinski definition) is 7. The van der Waals surface area contributed by atoms with Gasteiger partial charge in [-0.2, -0.15) is 5.26 Å². The Balaban J connectivity index is 1.15. The maximum Gasteiger partial charge on any atom is 0.316 e. The Morgan fingerprint density at radius 3 is 2.45 bits per heavy atom. The standard InChI is InChI=1S/C23H31BrN6O3/c24-17-13-27-23(28-14-17)33-20-7-10-29(11-8-20)22(32)16-3-5-18(6-4-16)26-15-21(31)30-9-1-2-19(30)12-25/h13-14,16,18-20,26H,1-11,15H2/t16?,18?,19-/m0/s1. The van der Waals surface area contributed by atoms with E-state index in [0.717, 1.165) is 55.8 Å². The number of nitriles is 1. The van der Waals surface area contributed by atoms with E-state index in [9.17, 15) is 9.59 Å². The molecule has 0 bridgehead atoms. The first-order chi connectivity index (χ1) is 16.0. The molecule has 1 N–H and O–H groups in total. The third kappa shape index (κ3) is 6.21. The molecule has 1 saturated carbocycles. The van der Waals surface area contributed by atoms with Crippen LogP contribution in [0.3, 0.4) is 0 Å². The van der Waals surface area contributed by atoms with Crippen molar-refractivity contribution in [1.82, 2.24) is 25.1 Å². The van der Waals surface area contributed by atoms with Crippen molar-refractivity contribution in [2.24, 2.45) is 5.92 Å². The highest BCUT2D eigenvalue weighted by molar-refractivity contribution is 9.10. The second kappa shape index (κ2) is 11.3. The molecule has 1 aromatic rings. The van der Waals surface area contributed by atoms with Crippen LogP contribution in [0, 0.1) is 17.2 Å². The van der Waals surface area contributed by atoms with E-state index in [-0.39, 0.29) is 42.5 Å². The number of piperidine rings is 1. The van der Waals surface area contributed by atoms with Crippen LogP contribution in [0.5, 0.6) is 6.01 Å². The Labute approximate surface area is 203 Å². The van der Waals surface area contributed by atoms with Crippen molar-refractivity contribution in [3.63, 3.8) is 0 Å². The molecule has 2 aliphatic heterocycles. The van der Waals surface area contributed by atoms with Crippen molar-refractivity contribution in [3.05, 3.63) is 16.9 Å². The molecule has 0 spiro atoms. The van der Waals surface area contributed by atoms with Gasteiger partial charge in [0.1, 0.15) is 12.1 Å². The number of nitrogens with zero attached hydrogens (tertiary/aromatic N) is 5. The minimum atomic E-state index is -0.274. The number of aromatic nitrogens is 2. The summed E-state index contributed by atoms with van der Waals surface area (Å²) >= 11 is 3.31. The molecule has 0 unspecified atom stereocenters. The van der Waals surface area contributed by atoms with Crippen LogP contribution in [0.25, 0.3) is 0 Å². The number of carbonyl (C=O) groups is 2. The Morgan fingerprint density at radius 1 is 1.09 bits per heavy atom. The molecule has 1 atom stereocenters. The fourth-order valence-electron chi connectivity index (χ4n) is 5.04. The molecule has 2 amide bonds. The van der Waals surface area contributed by atoms with Crippen molar-refractivity contribution < 1.29 is 14.3 Å². The number of nitrogens with one attached hydrogen (secondary N) is 1. The molecule has 1 aliphatic carbocycles. The lowest BCUT2D eigenvalue weighted by Gasteiger charge is -2.36. The third-order valence-electron chi connectivity index (χ3n) is 6.96. The summed E-state index contributed by atoms with van der Waals surface area (Å²) < 4.78 is 6.67. The van der Waals surface area contributed by atoms with Gasteiger partial charge in [0.15, 0.2) is 0 Å². The second-order valence-electron chi connectivity index (χ2n) is 9.13. The predicted molar refractivity (Wildman–Crippen MR) is 124 cm³/mol. The Morgan fingerprint density at radius 2 is 1.79 bits per heavy atom. The second-order valence-corrected chi connectivity index (χ2v) is 10.0. The highest BCUT2D eigenvalue weighted by Gasteiger charge is 2.33. The van der Waals surface area contributed by atoms with Crippen molar-refractivity contribution >= 4 is 27.7 Å².